The van der Waals surface area contributed by atoms with Crippen molar-refractivity contribution in [3.05, 3.63) is 57.6 Å². The van der Waals surface area contributed by atoms with Crippen LogP contribution in [0.2, 0.25) is 0 Å². The van der Waals surface area contributed by atoms with E-state index in [2.05, 4.69) is 23.4 Å². The van der Waals surface area contributed by atoms with Gasteiger partial charge in [-0.3, -0.25) is 19.2 Å². The lowest BCUT2D eigenvalue weighted by atomic mass is 9.83. The fourth-order valence-corrected chi connectivity index (χ4v) is 4.72. The minimum absolute atomic E-state index is 0.00704. The number of amides is 3. The van der Waals surface area contributed by atoms with Gasteiger partial charge < -0.3 is 15.4 Å². The summed E-state index contributed by atoms with van der Waals surface area (Å²) in [5.41, 5.74) is 2.22. The predicted molar refractivity (Wildman–Crippen MR) is 134 cm³/mol. The largest absolute Gasteiger partial charge is 0.496 e. The first-order valence-electron chi connectivity index (χ1n) is 11.2. The van der Waals surface area contributed by atoms with E-state index < -0.39 is 17.0 Å². The number of benzene rings is 2. The molecule has 0 saturated heterocycles. The van der Waals surface area contributed by atoms with E-state index in [1.54, 1.807) is 0 Å². The average Bonchev–Trinajstić information content (AvgIpc) is 2.82. The van der Waals surface area contributed by atoms with Gasteiger partial charge in [0.2, 0.25) is 5.91 Å². The lowest BCUT2D eigenvalue weighted by Crippen LogP contribution is -2.49. The van der Waals surface area contributed by atoms with E-state index in [0.29, 0.717) is 11.4 Å². The third-order valence-electron chi connectivity index (χ3n) is 6.21. The van der Waals surface area contributed by atoms with Gasteiger partial charge in [-0.05, 0) is 55.9 Å². The molecule has 34 heavy (non-hydrogen) atoms. The highest BCUT2D eigenvalue weighted by molar-refractivity contribution is 7.78. The van der Waals surface area contributed by atoms with Gasteiger partial charge in [-0.2, -0.15) is 0 Å². The van der Waals surface area contributed by atoms with Crippen LogP contribution in [0.25, 0.3) is 0 Å². The van der Waals surface area contributed by atoms with Crippen LogP contribution in [0.5, 0.6) is 5.75 Å². The van der Waals surface area contributed by atoms with Crippen LogP contribution < -0.4 is 15.4 Å². The Morgan fingerprint density at radius 1 is 1.12 bits per heavy atom. The predicted octanol–water partition coefficient (Wildman–Crippen LogP) is 5.49. The summed E-state index contributed by atoms with van der Waals surface area (Å²) in [4.78, 5) is 37.5. The number of nitro groups is 1. The molecule has 0 aliphatic heterocycles. The van der Waals surface area contributed by atoms with Gasteiger partial charge in [-0.15, -0.1) is 0 Å². The highest BCUT2D eigenvalue weighted by Crippen LogP contribution is 2.33. The van der Waals surface area contributed by atoms with Crippen molar-refractivity contribution in [3.8, 4) is 5.75 Å². The number of thiol groups is 1. The van der Waals surface area contributed by atoms with Gasteiger partial charge >= 0.3 is 6.03 Å². The van der Waals surface area contributed by atoms with E-state index in [4.69, 9.17) is 4.74 Å². The highest BCUT2D eigenvalue weighted by Gasteiger charge is 2.37. The van der Waals surface area contributed by atoms with Gasteiger partial charge in [-0.25, -0.2) is 4.79 Å². The van der Waals surface area contributed by atoms with Gasteiger partial charge in [-0.1, -0.05) is 50.3 Å². The maximum absolute atomic E-state index is 13.5. The number of methoxy groups -OCH3 is 1. The van der Waals surface area contributed by atoms with Crippen molar-refractivity contribution < 1.29 is 19.2 Å². The van der Waals surface area contributed by atoms with Crippen LogP contribution in [0, 0.1) is 29.9 Å². The molecule has 0 aromatic heterocycles. The first kappa shape index (κ1) is 25.4. The molecule has 0 spiro atoms. The maximum Gasteiger partial charge on any atom is 0.332 e. The molecule has 2 N–H and O–H groups in total. The van der Waals surface area contributed by atoms with E-state index in [0.717, 1.165) is 47.5 Å². The molecule has 1 aliphatic rings. The number of aryl methyl sites for hydroxylation is 2. The van der Waals surface area contributed by atoms with Crippen molar-refractivity contribution >= 4 is 41.8 Å². The van der Waals surface area contributed by atoms with Crippen molar-refractivity contribution in [1.82, 2.24) is 4.31 Å². The second-order valence-corrected chi connectivity index (χ2v) is 8.94. The molecule has 1 saturated carbocycles. The minimum Gasteiger partial charge on any atom is -0.496 e. The van der Waals surface area contributed by atoms with Crippen molar-refractivity contribution in [2.45, 2.75) is 52.0 Å². The molecule has 182 valence electrons. The summed E-state index contributed by atoms with van der Waals surface area (Å²) in [6, 6.07) is 8.30. The number of rotatable bonds is 7. The summed E-state index contributed by atoms with van der Waals surface area (Å²) in [5, 5.41) is 17.0. The Labute approximate surface area is 204 Å². The molecule has 1 aliphatic carbocycles. The maximum atomic E-state index is 13.5. The molecular weight excluding hydrogens is 456 g/mol. The van der Waals surface area contributed by atoms with E-state index in [9.17, 15) is 19.7 Å². The number of anilines is 2. The topological polar surface area (TPSA) is 114 Å². The number of hydrogen-bond donors (Lipinski definition) is 3. The Kier molecular flexibility index (Phi) is 8.38. The van der Waals surface area contributed by atoms with E-state index in [-0.39, 0.29) is 23.2 Å². The molecule has 2 aromatic carbocycles. The normalized spacial score (nSPS) is 14.7. The van der Waals surface area contributed by atoms with Gasteiger partial charge in [0.1, 0.15) is 17.5 Å². The molecule has 0 radical (unpaired) electrons. The molecule has 1 unspecified atom stereocenters. The number of nitrogens with one attached hydrogen (secondary N) is 2. The number of nitrogens with zero attached hydrogens (tertiary/aromatic N) is 2. The molecule has 3 rings (SSSR count). The van der Waals surface area contributed by atoms with Crippen molar-refractivity contribution in [3.63, 3.8) is 0 Å². The third kappa shape index (κ3) is 5.80. The van der Waals surface area contributed by atoms with E-state index in [1.165, 1.54) is 25.3 Å². The van der Waals surface area contributed by atoms with Crippen LogP contribution >= 0.6 is 12.8 Å². The Morgan fingerprint density at radius 3 is 2.35 bits per heavy atom. The van der Waals surface area contributed by atoms with Gasteiger partial charge in [0.05, 0.1) is 18.1 Å². The van der Waals surface area contributed by atoms with Crippen molar-refractivity contribution in [2.24, 2.45) is 5.92 Å². The molecule has 3 amide bonds. The summed E-state index contributed by atoms with van der Waals surface area (Å²) >= 11 is 4.41. The zero-order valence-corrected chi connectivity index (χ0v) is 20.4. The Morgan fingerprint density at radius 2 is 1.76 bits per heavy atom. The fourth-order valence-electron chi connectivity index (χ4n) is 4.38. The third-order valence-corrected chi connectivity index (χ3v) is 6.64. The fraction of sp³-hybridized carbons (Fsp3) is 0.417. The van der Waals surface area contributed by atoms with Crippen LogP contribution in [0.4, 0.5) is 21.9 Å². The number of nitro benzene ring substituents is 1. The lowest BCUT2D eigenvalue weighted by molar-refractivity contribution is -0.384. The Bertz CT molecular complexity index is 1050. The SMILES string of the molecule is COc1ccc(NC(=O)N(S)C(C(=O)Nc2c(C)cccc2C)C2CCCCC2)c([N+](=O)[O-])c1. The van der Waals surface area contributed by atoms with Crippen LogP contribution in [0.1, 0.15) is 43.2 Å². The summed E-state index contributed by atoms with van der Waals surface area (Å²) < 4.78 is 6.10. The van der Waals surface area contributed by atoms with E-state index >= 15 is 0 Å². The van der Waals surface area contributed by atoms with Crippen LogP contribution in [0.3, 0.4) is 0 Å². The standard InChI is InChI=1S/C24H30N4O5S/c1-15-8-7-9-16(2)21(15)26-23(29)22(17-10-5-4-6-11-17)27(34)24(30)25-19-13-12-18(33-3)14-20(19)28(31)32/h7-9,12-14,17,22,34H,4-6,10-11H2,1-3H3,(H,25,30)(H,26,29). The van der Waals surface area contributed by atoms with E-state index in [1.807, 2.05) is 32.0 Å². The lowest BCUT2D eigenvalue weighted by Gasteiger charge is -2.34. The van der Waals surface area contributed by atoms with Crippen LogP contribution in [-0.4, -0.2) is 34.3 Å². The Hall–Kier alpha value is -3.27. The Balaban J connectivity index is 1.87. The second-order valence-electron chi connectivity index (χ2n) is 8.51. The van der Waals surface area contributed by atoms with Gasteiger partial charge in [0.25, 0.3) is 5.69 Å². The number of urea groups is 1. The van der Waals surface area contributed by atoms with Gasteiger partial charge in [0, 0.05) is 5.69 Å². The van der Waals surface area contributed by atoms with Crippen molar-refractivity contribution in [2.75, 3.05) is 17.7 Å². The molecule has 0 bridgehead atoms. The number of carbonyl (C=O) groups excluding carboxylic acids is 2. The molecule has 9 nitrogen and oxygen atoms in total. The van der Waals surface area contributed by atoms with Crippen LogP contribution in [0.15, 0.2) is 36.4 Å². The van der Waals surface area contributed by atoms with Gasteiger partial charge in [0.15, 0.2) is 0 Å². The zero-order chi connectivity index (χ0) is 24.8. The first-order chi connectivity index (χ1) is 16.2. The molecule has 1 fully saturated rings. The summed E-state index contributed by atoms with van der Waals surface area (Å²) in [6.45, 7) is 3.82. The second kappa shape index (κ2) is 11.2. The van der Waals surface area contributed by atoms with Crippen LogP contribution in [-0.2, 0) is 4.79 Å². The smallest absolute Gasteiger partial charge is 0.332 e. The molecule has 10 heteroatoms. The van der Waals surface area contributed by atoms with Crippen molar-refractivity contribution in [1.29, 1.82) is 0 Å². The molecule has 0 heterocycles. The monoisotopic (exact) mass is 486 g/mol. The number of ether oxygens (including phenoxy) is 1. The molecule has 1 atom stereocenters. The highest BCUT2D eigenvalue weighted by atomic mass is 32.1. The molecule has 2 aromatic rings. The molecular formula is C24H30N4O5S. The summed E-state index contributed by atoms with van der Waals surface area (Å²) in [5.74, 6) is -0.119. The minimum atomic E-state index is -0.847. The summed E-state index contributed by atoms with van der Waals surface area (Å²) in [6.07, 6.45) is 4.59. The first-order valence-corrected chi connectivity index (χ1v) is 11.6. The number of para-hydroxylation sites is 1. The quantitative estimate of drug-likeness (QED) is 0.272. The zero-order valence-electron chi connectivity index (χ0n) is 19.5. The average molecular weight is 487 g/mol. The number of carbonyl (C=O) groups is 2. The number of hydrogen-bond acceptors (Lipinski definition) is 6. The summed E-state index contributed by atoms with van der Waals surface area (Å²) in [7, 11) is 1.40.